The van der Waals surface area contributed by atoms with Crippen molar-refractivity contribution >= 4 is 23.4 Å². The first-order valence-electron chi connectivity index (χ1n) is 9.89. The first kappa shape index (κ1) is 22.7. The standard InChI is InChI=1S/C22H24N4O6/c1-13-5-10-18-24-19(14-6-8-15(9-7-14)26(30)31)17(25(18)12-13)11-16(20(27)28)23-21(29)32-22(2,3)4/h5-10,12,16H,11H2,1-4H3,(H,23,29)(H,27,28). The van der Waals surface area contributed by atoms with Gasteiger partial charge in [-0.3, -0.25) is 10.1 Å². The highest BCUT2D eigenvalue weighted by Gasteiger charge is 2.27. The predicted octanol–water partition coefficient (Wildman–Crippen LogP) is 3.74. The molecular formula is C22H24N4O6. The topological polar surface area (TPSA) is 136 Å². The van der Waals surface area contributed by atoms with Crippen LogP contribution in [-0.4, -0.2) is 43.1 Å². The highest BCUT2D eigenvalue weighted by atomic mass is 16.6. The minimum absolute atomic E-state index is 0.0649. The van der Waals surface area contributed by atoms with E-state index in [-0.39, 0.29) is 12.1 Å². The summed E-state index contributed by atoms with van der Waals surface area (Å²) >= 11 is 0. The van der Waals surface area contributed by atoms with Crippen LogP contribution in [0.2, 0.25) is 0 Å². The zero-order valence-corrected chi connectivity index (χ0v) is 18.2. The fraction of sp³-hybridized carbons (Fsp3) is 0.318. The Labute approximate surface area is 184 Å². The first-order chi connectivity index (χ1) is 14.9. The number of hydrogen-bond acceptors (Lipinski definition) is 6. The molecule has 1 atom stereocenters. The summed E-state index contributed by atoms with van der Waals surface area (Å²) in [5, 5.41) is 23.1. The number of fused-ring (bicyclic) bond motifs is 1. The number of aromatic nitrogens is 2. The van der Waals surface area contributed by atoms with Gasteiger partial charge in [0.05, 0.1) is 16.3 Å². The number of benzene rings is 1. The molecule has 1 unspecified atom stereocenters. The number of rotatable bonds is 6. The molecule has 0 radical (unpaired) electrons. The van der Waals surface area contributed by atoms with Crippen molar-refractivity contribution in [2.45, 2.75) is 45.8 Å². The summed E-state index contributed by atoms with van der Waals surface area (Å²) < 4.78 is 6.96. The van der Waals surface area contributed by atoms with Crippen molar-refractivity contribution in [1.82, 2.24) is 14.7 Å². The van der Waals surface area contributed by atoms with Gasteiger partial charge in [-0.05, 0) is 51.5 Å². The molecule has 0 bridgehead atoms. The van der Waals surface area contributed by atoms with Gasteiger partial charge in [0.2, 0.25) is 0 Å². The molecule has 10 heteroatoms. The minimum Gasteiger partial charge on any atom is -0.480 e. The molecule has 10 nitrogen and oxygen atoms in total. The van der Waals surface area contributed by atoms with Gasteiger partial charge in [0.25, 0.3) is 5.69 Å². The van der Waals surface area contributed by atoms with Gasteiger partial charge in [-0.15, -0.1) is 0 Å². The normalized spacial score (nSPS) is 12.4. The molecule has 0 aliphatic rings. The molecule has 2 N–H and O–H groups in total. The summed E-state index contributed by atoms with van der Waals surface area (Å²) in [7, 11) is 0. The van der Waals surface area contributed by atoms with Gasteiger partial charge >= 0.3 is 12.1 Å². The van der Waals surface area contributed by atoms with Crippen molar-refractivity contribution in [3.63, 3.8) is 0 Å². The smallest absolute Gasteiger partial charge is 0.408 e. The number of nitrogens with zero attached hydrogens (tertiary/aromatic N) is 3. The number of carboxylic acid groups (broad SMARTS) is 1. The molecule has 2 aromatic heterocycles. The van der Waals surface area contributed by atoms with Gasteiger partial charge < -0.3 is 19.6 Å². The highest BCUT2D eigenvalue weighted by Crippen LogP contribution is 2.28. The number of aryl methyl sites for hydroxylation is 1. The Balaban J connectivity index is 2.03. The van der Waals surface area contributed by atoms with Crippen LogP contribution in [0.5, 0.6) is 0 Å². The van der Waals surface area contributed by atoms with Crippen LogP contribution in [0.3, 0.4) is 0 Å². The largest absolute Gasteiger partial charge is 0.480 e. The molecular weight excluding hydrogens is 416 g/mol. The molecule has 1 amide bonds. The number of carbonyl (C=O) groups is 2. The lowest BCUT2D eigenvalue weighted by atomic mass is 10.0. The van der Waals surface area contributed by atoms with Gasteiger partial charge in [0, 0.05) is 30.3 Å². The van der Waals surface area contributed by atoms with Gasteiger partial charge in [-0.1, -0.05) is 6.07 Å². The SMILES string of the molecule is Cc1ccc2nc(-c3ccc([N+](=O)[O-])cc3)c(CC(NC(=O)OC(C)(C)C)C(=O)O)n2c1. The third kappa shape index (κ3) is 5.20. The lowest BCUT2D eigenvalue weighted by molar-refractivity contribution is -0.384. The molecule has 3 aromatic rings. The molecule has 0 saturated heterocycles. The monoisotopic (exact) mass is 440 g/mol. The quantitative estimate of drug-likeness (QED) is 0.440. The number of non-ortho nitro benzene ring substituents is 1. The van der Waals surface area contributed by atoms with E-state index < -0.39 is 28.6 Å². The van der Waals surface area contributed by atoms with E-state index in [9.17, 15) is 24.8 Å². The van der Waals surface area contributed by atoms with Crippen LogP contribution in [0, 0.1) is 17.0 Å². The van der Waals surface area contributed by atoms with Crippen molar-refractivity contribution in [3.05, 3.63) is 64.0 Å². The van der Waals surface area contributed by atoms with E-state index in [4.69, 9.17) is 4.74 Å². The number of hydrogen-bond donors (Lipinski definition) is 2. The van der Waals surface area contributed by atoms with E-state index in [0.29, 0.717) is 22.6 Å². The van der Waals surface area contributed by atoms with Crippen molar-refractivity contribution < 1.29 is 24.4 Å². The van der Waals surface area contributed by atoms with E-state index in [1.165, 1.54) is 12.1 Å². The maximum atomic E-state index is 12.2. The van der Waals surface area contributed by atoms with E-state index in [0.717, 1.165) is 5.56 Å². The number of nitro benzene ring substituents is 1. The molecule has 168 valence electrons. The molecule has 0 saturated carbocycles. The summed E-state index contributed by atoms with van der Waals surface area (Å²) in [6, 6.07) is 8.25. The van der Waals surface area contributed by atoms with Crippen LogP contribution in [-0.2, 0) is 16.0 Å². The Bertz CT molecular complexity index is 1180. The number of amides is 1. The van der Waals surface area contributed by atoms with Crippen molar-refractivity contribution in [2.24, 2.45) is 0 Å². The number of nitrogens with one attached hydrogen (secondary N) is 1. The number of imidazole rings is 1. The summed E-state index contributed by atoms with van der Waals surface area (Å²) in [6.07, 6.45) is 0.900. The maximum Gasteiger partial charge on any atom is 0.408 e. The van der Waals surface area contributed by atoms with Crippen molar-refractivity contribution in [1.29, 1.82) is 0 Å². The highest BCUT2D eigenvalue weighted by molar-refractivity contribution is 5.81. The number of carboxylic acids is 1. The zero-order chi connectivity index (χ0) is 23.6. The second-order valence-corrected chi connectivity index (χ2v) is 8.39. The lowest BCUT2D eigenvalue weighted by Crippen LogP contribution is -2.44. The number of carbonyl (C=O) groups excluding carboxylic acids is 1. The van der Waals surface area contributed by atoms with Crippen LogP contribution in [0.15, 0.2) is 42.6 Å². The molecule has 0 aliphatic heterocycles. The van der Waals surface area contributed by atoms with E-state index in [1.54, 1.807) is 43.4 Å². The number of aliphatic carboxylic acids is 1. The van der Waals surface area contributed by atoms with Gasteiger partial charge in [0.15, 0.2) is 0 Å². The minimum atomic E-state index is -1.28. The third-order valence-electron chi connectivity index (χ3n) is 4.60. The van der Waals surface area contributed by atoms with Crippen LogP contribution in [0.4, 0.5) is 10.5 Å². The Kier molecular flexibility index (Phi) is 6.15. The second kappa shape index (κ2) is 8.66. The Morgan fingerprint density at radius 2 is 1.88 bits per heavy atom. The Hall–Kier alpha value is -3.95. The van der Waals surface area contributed by atoms with Crippen molar-refractivity contribution in [2.75, 3.05) is 0 Å². The second-order valence-electron chi connectivity index (χ2n) is 8.39. The summed E-state index contributed by atoms with van der Waals surface area (Å²) in [4.78, 5) is 39.2. The molecule has 0 fully saturated rings. The molecule has 32 heavy (non-hydrogen) atoms. The molecule has 3 rings (SSSR count). The molecule has 0 spiro atoms. The number of nitro groups is 1. The summed E-state index contributed by atoms with van der Waals surface area (Å²) in [6.45, 7) is 6.94. The van der Waals surface area contributed by atoms with Crippen LogP contribution in [0.25, 0.3) is 16.9 Å². The summed E-state index contributed by atoms with van der Waals surface area (Å²) in [5.41, 5.74) is 2.28. The van der Waals surface area contributed by atoms with Gasteiger partial charge in [0.1, 0.15) is 17.3 Å². The molecule has 2 heterocycles. The zero-order valence-electron chi connectivity index (χ0n) is 18.2. The number of pyridine rings is 1. The Morgan fingerprint density at radius 1 is 1.22 bits per heavy atom. The van der Waals surface area contributed by atoms with Gasteiger partial charge in [-0.2, -0.15) is 0 Å². The fourth-order valence-electron chi connectivity index (χ4n) is 3.21. The Morgan fingerprint density at radius 3 is 2.44 bits per heavy atom. The molecule has 1 aromatic carbocycles. The van der Waals surface area contributed by atoms with Crippen LogP contribution >= 0.6 is 0 Å². The number of ether oxygens (including phenoxy) is 1. The third-order valence-corrected chi connectivity index (χ3v) is 4.60. The van der Waals surface area contributed by atoms with Crippen LogP contribution < -0.4 is 5.32 Å². The van der Waals surface area contributed by atoms with Crippen molar-refractivity contribution in [3.8, 4) is 11.3 Å². The first-order valence-corrected chi connectivity index (χ1v) is 9.89. The average Bonchev–Trinajstić information content (AvgIpc) is 3.03. The average molecular weight is 440 g/mol. The van der Waals surface area contributed by atoms with Gasteiger partial charge in [-0.25, -0.2) is 14.6 Å². The van der Waals surface area contributed by atoms with E-state index >= 15 is 0 Å². The number of alkyl carbamates (subject to hydrolysis) is 1. The van der Waals surface area contributed by atoms with Crippen LogP contribution in [0.1, 0.15) is 32.0 Å². The van der Waals surface area contributed by atoms with E-state index in [1.807, 2.05) is 19.2 Å². The molecule has 0 aliphatic carbocycles. The predicted molar refractivity (Wildman–Crippen MR) is 117 cm³/mol. The lowest BCUT2D eigenvalue weighted by Gasteiger charge is -2.22. The summed E-state index contributed by atoms with van der Waals surface area (Å²) in [5.74, 6) is -1.23. The fourth-order valence-corrected chi connectivity index (χ4v) is 3.21. The maximum absolute atomic E-state index is 12.2. The van der Waals surface area contributed by atoms with E-state index in [2.05, 4.69) is 10.3 Å².